The van der Waals surface area contributed by atoms with Gasteiger partial charge in [-0.2, -0.15) is 0 Å². The van der Waals surface area contributed by atoms with E-state index in [-0.39, 0.29) is 16.8 Å². The summed E-state index contributed by atoms with van der Waals surface area (Å²) in [5, 5.41) is 13.2. The first-order valence-electron chi connectivity index (χ1n) is 8.13. The number of carbonyl (C=O) groups is 2. The summed E-state index contributed by atoms with van der Waals surface area (Å²) in [4.78, 5) is 28.9. The first-order valence-corrected chi connectivity index (χ1v) is 8.51. The molecule has 1 aromatic heterocycles. The van der Waals surface area contributed by atoms with E-state index in [1.54, 1.807) is 17.0 Å². The molecule has 0 aliphatic carbocycles. The molecule has 1 spiro atoms. The van der Waals surface area contributed by atoms with Gasteiger partial charge in [-0.3, -0.25) is 9.59 Å². The summed E-state index contributed by atoms with van der Waals surface area (Å²) in [6, 6.07) is 4.36. The zero-order valence-corrected chi connectivity index (χ0v) is 14.1. The smallest absolute Gasteiger partial charge is 0.270 e. The average molecular weight is 366 g/mol. The normalized spacial score (nSPS) is 22.6. The van der Waals surface area contributed by atoms with E-state index in [9.17, 15) is 19.1 Å². The van der Waals surface area contributed by atoms with Crippen LogP contribution in [0.3, 0.4) is 0 Å². The number of aliphatic hydroxyl groups excluding tert-OH is 1. The minimum atomic E-state index is -1.01. The minimum absolute atomic E-state index is 0.0101. The number of H-pyrrole nitrogens is 1. The highest BCUT2D eigenvalue weighted by Gasteiger charge is 2.49. The molecular weight excluding hydrogens is 349 g/mol. The molecule has 3 heterocycles. The molecule has 1 unspecified atom stereocenters. The lowest BCUT2D eigenvalue weighted by atomic mass is 9.75. The van der Waals surface area contributed by atoms with Crippen molar-refractivity contribution in [2.24, 2.45) is 5.41 Å². The Labute approximate surface area is 147 Å². The second-order valence-corrected chi connectivity index (χ2v) is 7.16. The third-order valence-electron chi connectivity index (χ3n) is 5.41. The topological polar surface area (TPSA) is 85.4 Å². The third kappa shape index (κ3) is 2.49. The Hall–Kier alpha value is -2.12. The van der Waals surface area contributed by atoms with Crippen molar-refractivity contribution in [1.82, 2.24) is 15.2 Å². The molecule has 8 heteroatoms. The molecule has 6 nitrogen and oxygen atoms in total. The summed E-state index contributed by atoms with van der Waals surface area (Å²) < 4.78 is 13.6. The number of fused-ring (bicyclic) bond motifs is 1. The van der Waals surface area contributed by atoms with Crippen LogP contribution in [0.25, 0.3) is 10.9 Å². The number of amides is 2. The molecule has 0 radical (unpaired) electrons. The molecule has 1 atom stereocenters. The Morgan fingerprint density at radius 2 is 2.08 bits per heavy atom. The van der Waals surface area contributed by atoms with Crippen molar-refractivity contribution < 1.29 is 19.1 Å². The van der Waals surface area contributed by atoms with Gasteiger partial charge in [0.15, 0.2) is 0 Å². The lowest BCUT2D eigenvalue weighted by Gasteiger charge is -2.39. The number of aliphatic hydroxyl groups is 1. The fourth-order valence-electron chi connectivity index (χ4n) is 3.77. The lowest BCUT2D eigenvalue weighted by molar-refractivity contribution is -0.130. The van der Waals surface area contributed by atoms with Crippen LogP contribution >= 0.6 is 11.6 Å². The highest BCUT2D eigenvalue weighted by molar-refractivity contribution is 6.35. The molecule has 0 saturated carbocycles. The number of carbonyl (C=O) groups excluding carboxylic acids is 2. The quantitative estimate of drug-likeness (QED) is 0.718. The van der Waals surface area contributed by atoms with E-state index in [0.717, 1.165) is 0 Å². The van der Waals surface area contributed by atoms with E-state index < -0.39 is 17.3 Å². The number of nitrogens with zero attached hydrogens (tertiary/aromatic N) is 1. The van der Waals surface area contributed by atoms with Crippen molar-refractivity contribution in [1.29, 1.82) is 0 Å². The molecule has 2 aliphatic heterocycles. The Balaban J connectivity index is 1.53. The van der Waals surface area contributed by atoms with Gasteiger partial charge in [-0.1, -0.05) is 11.6 Å². The molecule has 2 amide bonds. The minimum Gasteiger partial charge on any atom is -0.383 e. The molecule has 2 saturated heterocycles. The van der Waals surface area contributed by atoms with Gasteiger partial charge in [-0.25, -0.2) is 4.39 Å². The molecule has 3 N–H and O–H groups in total. The van der Waals surface area contributed by atoms with Crippen molar-refractivity contribution in [2.75, 3.05) is 19.6 Å². The van der Waals surface area contributed by atoms with Crippen molar-refractivity contribution in [3.63, 3.8) is 0 Å². The Morgan fingerprint density at radius 3 is 2.72 bits per heavy atom. The van der Waals surface area contributed by atoms with Crippen molar-refractivity contribution in [2.45, 2.75) is 18.9 Å². The fourth-order valence-corrected chi connectivity index (χ4v) is 3.99. The van der Waals surface area contributed by atoms with Crippen LogP contribution in [-0.4, -0.2) is 52.5 Å². The molecule has 25 heavy (non-hydrogen) atoms. The van der Waals surface area contributed by atoms with E-state index in [4.69, 9.17) is 11.6 Å². The molecule has 0 bridgehead atoms. The average Bonchev–Trinajstić information content (AvgIpc) is 3.17. The van der Waals surface area contributed by atoms with Gasteiger partial charge in [0.05, 0.1) is 5.02 Å². The van der Waals surface area contributed by atoms with E-state index in [0.29, 0.717) is 49.1 Å². The molecule has 2 fully saturated rings. The number of nitrogens with one attached hydrogen (secondary N) is 2. The van der Waals surface area contributed by atoms with Gasteiger partial charge in [-0.15, -0.1) is 0 Å². The molecule has 4 rings (SSSR count). The van der Waals surface area contributed by atoms with Gasteiger partial charge in [-0.05, 0) is 31.0 Å². The number of aromatic amines is 1. The molecular formula is C17H17ClFN3O3. The number of piperidine rings is 1. The van der Waals surface area contributed by atoms with Crippen LogP contribution in [0.5, 0.6) is 0 Å². The second kappa shape index (κ2) is 5.71. The highest BCUT2D eigenvalue weighted by Crippen LogP contribution is 2.38. The van der Waals surface area contributed by atoms with Gasteiger partial charge < -0.3 is 20.3 Å². The van der Waals surface area contributed by atoms with E-state index in [1.165, 1.54) is 6.07 Å². The number of hydrogen-bond acceptors (Lipinski definition) is 3. The van der Waals surface area contributed by atoms with Gasteiger partial charge in [0.1, 0.15) is 17.6 Å². The number of aromatic nitrogens is 1. The Morgan fingerprint density at radius 1 is 1.36 bits per heavy atom. The van der Waals surface area contributed by atoms with Crippen LogP contribution in [0.1, 0.15) is 23.3 Å². The first-order chi connectivity index (χ1) is 11.9. The van der Waals surface area contributed by atoms with Gasteiger partial charge >= 0.3 is 0 Å². The summed E-state index contributed by atoms with van der Waals surface area (Å²) in [6.07, 6.45) is 0.0855. The number of hydrogen-bond donors (Lipinski definition) is 3. The van der Waals surface area contributed by atoms with Crippen LogP contribution in [0.4, 0.5) is 4.39 Å². The predicted octanol–water partition coefficient (Wildman–Crippen LogP) is 1.67. The molecule has 132 valence electrons. The maximum Gasteiger partial charge on any atom is 0.270 e. The maximum atomic E-state index is 13.6. The van der Waals surface area contributed by atoms with Gasteiger partial charge in [0.2, 0.25) is 5.91 Å². The van der Waals surface area contributed by atoms with Crippen LogP contribution in [0.15, 0.2) is 18.2 Å². The predicted molar refractivity (Wildman–Crippen MR) is 89.9 cm³/mol. The van der Waals surface area contributed by atoms with Crippen LogP contribution in [-0.2, 0) is 4.79 Å². The lowest BCUT2D eigenvalue weighted by Crippen LogP contribution is -2.48. The summed E-state index contributed by atoms with van der Waals surface area (Å²) in [5.41, 5.74) is 0.463. The van der Waals surface area contributed by atoms with E-state index >= 15 is 0 Å². The van der Waals surface area contributed by atoms with Gasteiger partial charge in [0.25, 0.3) is 5.91 Å². The fraction of sp³-hybridized carbons (Fsp3) is 0.412. The molecule has 2 aromatic rings. The SMILES string of the molecule is O=C1NCC2(CCN(C(=O)c3cc4c(Cl)c(F)ccc4[nH]3)CC2)C1O. The monoisotopic (exact) mass is 365 g/mol. The zero-order valence-electron chi connectivity index (χ0n) is 13.3. The van der Waals surface area contributed by atoms with Crippen LogP contribution in [0.2, 0.25) is 5.02 Å². The third-order valence-corrected chi connectivity index (χ3v) is 5.79. The second-order valence-electron chi connectivity index (χ2n) is 6.78. The standard InChI is InChI=1S/C17H17ClFN3O3/c18-13-9-7-12(21-11(9)2-1-10(13)19)16(25)22-5-3-17(4-6-22)8-20-15(24)14(17)23/h1-2,7,14,21,23H,3-6,8H2,(H,20,24). The van der Waals surface area contributed by atoms with E-state index in [2.05, 4.69) is 10.3 Å². The number of benzene rings is 1. The summed E-state index contributed by atoms with van der Waals surface area (Å²) in [5.74, 6) is -1.07. The molecule has 2 aliphatic rings. The first kappa shape index (κ1) is 16.4. The maximum absolute atomic E-state index is 13.6. The van der Waals surface area contributed by atoms with Crippen LogP contribution < -0.4 is 5.32 Å². The van der Waals surface area contributed by atoms with E-state index in [1.807, 2.05) is 0 Å². The zero-order chi connectivity index (χ0) is 17.8. The number of halogens is 2. The van der Waals surface area contributed by atoms with Crippen molar-refractivity contribution in [3.8, 4) is 0 Å². The number of likely N-dealkylation sites (tertiary alicyclic amines) is 1. The molecule has 1 aromatic carbocycles. The summed E-state index contributed by atoms with van der Waals surface area (Å²) in [7, 11) is 0. The van der Waals surface area contributed by atoms with Crippen LogP contribution in [0, 0.1) is 11.2 Å². The van der Waals surface area contributed by atoms with Crippen molar-refractivity contribution in [3.05, 3.63) is 34.7 Å². The largest absolute Gasteiger partial charge is 0.383 e. The number of rotatable bonds is 1. The van der Waals surface area contributed by atoms with Crippen molar-refractivity contribution >= 4 is 34.3 Å². The Bertz CT molecular complexity index is 873. The summed E-state index contributed by atoms with van der Waals surface area (Å²) >= 11 is 5.95. The Kier molecular flexibility index (Phi) is 3.73. The highest BCUT2D eigenvalue weighted by atomic mass is 35.5. The van der Waals surface area contributed by atoms with Gasteiger partial charge in [0, 0.05) is 36.0 Å². The summed E-state index contributed by atoms with van der Waals surface area (Å²) in [6.45, 7) is 1.33.